The lowest BCUT2D eigenvalue weighted by Crippen LogP contribution is -2.20. The number of carbonyl (C=O) groups is 1. The first-order valence-corrected chi connectivity index (χ1v) is 6.77. The Bertz CT molecular complexity index is 723. The highest BCUT2D eigenvalue weighted by molar-refractivity contribution is 5.84. The maximum atomic E-state index is 11.9. The molecule has 1 aliphatic rings. The first-order chi connectivity index (χ1) is 10.6. The zero-order valence-electron chi connectivity index (χ0n) is 11.5. The third kappa shape index (κ3) is 3.03. The average Bonchev–Trinajstić information content (AvgIpc) is 3.19. The van der Waals surface area contributed by atoms with Crippen molar-refractivity contribution in [1.29, 1.82) is 0 Å². The zero-order valence-corrected chi connectivity index (χ0v) is 11.5. The van der Waals surface area contributed by atoms with Crippen molar-refractivity contribution in [3.05, 3.63) is 63.9 Å². The first-order valence-electron chi connectivity index (χ1n) is 6.77. The SMILES string of the molecule is O=C(N/N=C/c1ccc([N+](=O)[O-])o1)C1CC1c1ccccc1. The smallest absolute Gasteiger partial charge is 0.400 e. The standard InChI is InChI=1S/C15H13N3O4/c19-15(13-8-12(13)10-4-2-1-3-5-10)17-16-9-11-6-7-14(22-11)18(20)21/h1-7,9,12-13H,8H2,(H,17,19)/b16-9+. The van der Waals surface area contributed by atoms with Crippen LogP contribution in [0.15, 0.2) is 52.0 Å². The molecule has 1 aromatic heterocycles. The fraction of sp³-hybridized carbons (Fsp3) is 0.200. The fourth-order valence-corrected chi connectivity index (χ4v) is 2.31. The van der Waals surface area contributed by atoms with Crippen LogP contribution >= 0.6 is 0 Å². The van der Waals surface area contributed by atoms with Gasteiger partial charge in [-0.05, 0) is 24.0 Å². The zero-order chi connectivity index (χ0) is 15.5. The topological polar surface area (TPSA) is 97.7 Å². The molecule has 0 saturated heterocycles. The summed E-state index contributed by atoms with van der Waals surface area (Å²) < 4.78 is 4.89. The van der Waals surface area contributed by atoms with Gasteiger partial charge < -0.3 is 4.42 Å². The molecular formula is C15H13N3O4. The van der Waals surface area contributed by atoms with Gasteiger partial charge in [-0.1, -0.05) is 30.3 Å². The van der Waals surface area contributed by atoms with Crippen LogP contribution < -0.4 is 5.43 Å². The van der Waals surface area contributed by atoms with Gasteiger partial charge >= 0.3 is 5.88 Å². The van der Waals surface area contributed by atoms with Gasteiger partial charge in [0.25, 0.3) is 0 Å². The van der Waals surface area contributed by atoms with Crippen molar-refractivity contribution in [2.45, 2.75) is 12.3 Å². The number of nitrogens with one attached hydrogen (secondary N) is 1. The van der Waals surface area contributed by atoms with Crippen LogP contribution in [-0.4, -0.2) is 17.0 Å². The van der Waals surface area contributed by atoms with Crippen molar-refractivity contribution in [3.63, 3.8) is 0 Å². The highest BCUT2D eigenvalue weighted by Gasteiger charge is 2.43. The van der Waals surface area contributed by atoms with Crippen LogP contribution in [0.25, 0.3) is 0 Å². The van der Waals surface area contributed by atoms with E-state index in [1.807, 2.05) is 30.3 Å². The second-order valence-electron chi connectivity index (χ2n) is 5.03. The van der Waals surface area contributed by atoms with E-state index in [2.05, 4.69) is 10.5 Å². The number of amides is 1. The highest BCUT2D eigenvalue weighted by atomic mass is 16.6. The van der Waals surface area contributed by atoms with Crippen LogP contribution in [0.4, 0.5) is 5.88 Å². The predicted molar refractivity (Wildman–Crippen MR) is 78.4 cm³/mol. The maximum absolute atomic E-state index is 11.9. The van der Waals surface area contributed by atoms with Crippen molar-refractivity contribution in [2.75, 3.05) is 0 Å². The van der Waals surface area contributed by atoms with E-state index in [1.165, 1.54) is 18.3 Å². The van der Waals surface area contributed by atoms with Gasteiger partial charge in [0.05, 0.1) is 12.3 Å². The summed E-state index contributed by atoms with van der Waals surface area (Å²) in [5.74, 6) is -0.153. The second kappa shape index (κ2) is 5.80. The molecule has 1 aliphatic carbocycles. The number of furan rings is 1. The molecule has 22 heavy (non-hydrogen) atoms. The molecule has 7 nitrogen and oxygen atoms in total. The molecular weight excluding hydrogens is 286 g/mol. The molecule has 1 N–H and O–H groups in total. The Hall–Kier alpha value is -2.96. The summed E-state index contributed by atoms with van der Waals surface area (Å²) in [7, 11) is 0. The molecule has 0 spiro atoms. The van der Waals surface area contributed by atoms with Crippen molar-refractivity contribution in [2.24, 2.45) is 11.0 Å². The van der Waals surface area contributed by atoms with Crippen LogP contribution in [0.2, 0.25) is 0 Å². The monoisotopic (exact) mass is 299 g/mol. The number of hydrazone groups is 1. The van der Waals surface area contributed by atoms with Crippen LogP contribution in [0.1, 0.15) is 23.7 Å². The van der Waals surface area contributed by atoms with E-state index in [4.69, 9.17) is 4.42 Å². The number of rotatable bonds is 5. The third-order valence-electron chi connectivity index (χ3n) is 3.51. The van der Waals surface area contributed by atoms with Gasteiger partial charge in [0, 0.05) is 5.92 Å². The second-order valence-corrected chi connectivity index (χ2v) is 5.03. The molecule has 2 unspecified atom stereocenters. The van der Waals surface area contributed by atoms with Gasteiger partial charge in [0.2, 0.25) is 5.91 Å². The molecule has 0 bridgehead atoms. The van der Waals surface area contributed by atoms with E-state index in [-0.39, 0.29) is 29.4 Å². The van der Waals surface area contributed by atoms with Crippen molar-refractivity contribution in [1.82, 2.24) is 5.43 Å². The molecule has 2 aromatic rings. The summed E-state index contributed by atoms with van der Waals surface area (Å²) in [4.78, 5) is 21.8. The molecule has 1 amide bonds. The molecule has 1 heterocycles. The lowest BCUT2D eigenvalue weighted by Gasteiger charge is -1.99. The quantitative estimate of drug-likeness (QED) is 0.521. The Kier molecular flexibility index (Phi) is 3.69. The molecule has 2 atom stereocenters. The largest absolute Gasteiger partial charge is 0.433 e. The highest BCUT2D eigenvalue weighted by Crippen LogP contribution is 2.47. The Morgan fingerprint density at radius 3 is 2.77 bits per heavy atom. The van der Waals surface area contributed by atoms with E-state index in [9.17, 15) is 14.9 Å². The van der Waals surface area contributed by atoms with Crippen LogP contribution in [0.5, 0.6) is 0 Å². The van der Waals surface area contributed by atoms with Gasteiger partial charge in [0.15, 0.2) is 5.76 Å². The Morgan fingerprint density at radius 1 is 1.32 bits per heavy atom. The fourth-order valence-electron chi connectivity index (χ4n) is 2.31. The Balaban J connectivity index is 1.53. The van der Waals surface area contributed by atoms with Crippen molar-refractivity contribution in [3.8, 4) is 0 Å². The van der Waals surface area contributed by atoms with Crippen LogP contribution in [0, 0.1) is 16.0 Å². The molecule has 1 aromatic carbocycles. The van der Waals surface area contributed by atoms with Gasteiger partial charge in [-0.3, -0.25) is 14.9 Å². The van der Waals surface area contributed by atoms with Crippen LogP contribution in [-0.2, 0) is 4.79 Å². The van der Waals surface area contributed by atoms with Gasteiger partial charge in [-0.2, -0.15) is 5.10 Å². The molecule has 0 aliphatic heterocycles. The summed E-state index contributed by atoms with van der Waals surface area (Å²) in [6.07, 6.45) is 2.04. The Morgan fingerprint density at radius 2 is 2.09 bits per heavy atom. The molecule has 3 rings (SSSR count). The lowest BCUT2D eigenvalue weighted by atomic mass is 10.1. The molecule has 1 fully saturated rings. The van der Waals surface area contributed by atoms with E-state index in [0.717, 1.165) is 12.0 Å². The normalized spacial score (nSPS) is 20.0. The van der Waals surface area contributed by atoms with E-state index < -0.39 is 4.92 Å². The van der Waals surface area contributed by atoms with Crippen molar-refractivity contribution < 1.29 is 14.1 Å². The maximum Gasteiger partial charge on any atom is 0.433 e. The Labute approximate surface area is 125 Å². The number of nitro groups is 1. The number of hydrogen-bond acceptors (Lipinski definition) is 5. The van der Waals surface area contributed by atoms with E-state index in [0.29, 0.717) is 0 Å². The van der Waals surface area contributed by atoms with Crippen molar-refractivity contribution >= 4 is 18.0 Å². The minimum absolute atomic E-state index is 0.0783. The minimum Gasteiger partial charge on any atom is -0.400 e. The number of carbonyl (C=O) groups excluding carboxylic acids is 1. The first kappa shape index (κ1) is 14.0. The molecule has 7 heteroatoms. The molecule has 112 valence electrons. The summed E-state index contributed by atoms with van der Waals surface area (Å²) in [5, 5.41) is 14.2. The molecule has 1 saturated carbocycles. The summed E-state index contributed by atoms with van der Waals surface area (Å²) in [6, 6.07) is 12.5. The number of benzene rings is 1. The van der Waals surface area contributed by atoms with Gasteiger partial charge in [0.1, 0.15) is 4.92 Å². The van der Waals surface area contributed by atoms with Gasteiger partial charge in [-0.25, -0.2) is 5.43 Å². The lowest BCUT2D eigenvalue weighted by molar-refractivity contribution is -0.402. The summed E-state index contributed by atoms with van der Waals surface area (Å²) >= 11 is 0. The van der Waals surface area contributed by atoms with E-state index >= 15 is 0 Å². The third-order valence-corrected chi connectivity index (χ3v) is 3.51. The van der Waals surface area contributed by atoms with E-state index in [1.54, 1.807) is 0 Å². The van der Waals surface area contributed by atoms with Crippen LogP contribution in [0.3, 0.4) is 0 Å². The average molecular weight is 299 g/mol. The molecule has 0 radical (unpaired) electrons. The minimum atomic E-state index is -0.634. The summed E-state index contributed by atoms with van der Waals surface area (Å²) in [5.41, 5.74) is 3.58. The number of hydrogen-bond donors (Lipinski definition) is 1. The predicted octanol–water partition coefficient (Wildman–Crippen LogP) is 2.44. The summed E-state index contributed by atoms with van der Waals surface area (Å²) in [6.45, 7) is 0. The number of nitrogens with zero attached hydrogens (tertiary/aromatic N) is 2. The van der Waals surface area contributed by atoms with Gasteiger partial charge in [-0.15, -0.1) is 0 Å².